The minimum atomic E-state index is -0.928. The molecule has 0 bridgehead atoms. The molecule has 4 heteroatoms. The average Bonchev–Trinajstić information content (AvgIpc) is 1.82. The van der Waals surface area contributed by atoms with Crippen molar-refractivity contribution in [1.29, 1.82) is 0 Å². The van der Waals surface area contributed by atoms with Gasteiger partial charge in [-0.2, -0.15) is 0 Å². The molecule has 0 aromatic heterocycles. The van der Waals surface area contributed by atoms with Crippen LogP contribution in [0.15, 0.2) is 0 Å². The van der Waals surface area contributed by atoms with Gasteiger partial charge in [0.1, 0.15) is 5.78 Å². The summed E-state index contributed by atoms with van der Waals surface area (Å²) in [5.74, 6) is 0.160. The van der Waals surface area contributed by atoms with E-state index in [-0.39, 0.29) is 17.9 Å². The topological polar surface area (TPSA) is 57.6 Å². The van der Waals surface area contributed by atoms with E-state index in [0.29, 0.717) is 12.8 Å². The monoisotopic (exact) mass is 171 g/mol. The van der Waals surface area contributed by atoms with E-state index >= 15 is 0 Å². The summed E-state index contributed by atoms with van der Waals surface area (Å²) < 4.78 is 0. The van der Waals surface area contributed by atoms with Crippen LogP contribution < -0.4 is 0 Å². The Morgan fingerprint density at radius 1 is 1.42 bits per heavy atom. The van der Waals surface area contributed by atoms with Crippen LogP contribution in [-0.4, -0.2) is 34.0 Å². The molecule has 0 unspecified atom stereocenters. The minimum absolute atomic E-state index is 0.160. The number of piperidine rings is 1. The van der Waals surface area contributed by atoms with Gasteiger partial charge in [-0.1, -0.05) is 0 Å². The van der Waals surface area contributed by atoms with Crippen molar-refractivity contribution in [3.63, 3.8) is 0 Å². The van der Waals surface area contributed by atoms with E-state index in [9.17, 15) is 9.59 Å². The third-order valence-corrected chi connectivity index (χ3v) is 2.22. The molecule has 68 valence electrons. The van der Waals surface area contributed by atoms with E-state index in [1.54, 1.807) is 13.8 Å². The number of carbonyl (C=O) groups excluding carboxylic acids is 1. The summed E-state index contributed by atoms with van der Waals surface area (Å²) in [5, 5.41) is 8.78. The van der Waals surface area contributed by atoms with Gasteiger partial charge in [-0.05, 0) is 13.8 Å². The van der Waals surface area contributed by atoms with Gasteiger partial charge in [0.2, 0.25) is 0 Å². The number of likely N-dealkylation sites (tertiary alicyclic amines) is 1. The third-order valence-electron chi connectivity index (χ3n) is 2.22. The lowest BCUT2D eigenvalue weighted by molar-refractivity contribution is -0.123. The van der Waals surface area contributed by atoms with Crippen LogP contribution in [0.2, 0.25) is 0 Å². The normalized spacial score (nSPS) is 30.5. The number of hydrogen-bond donors (Lipinski definition) is 1. The highest BCUT2D eigenvalue weighted by Crippen LogP contribution is 2.19. The molecule has 1 amide bonds. The van der Waals surface area contributed by atoms with Crippen LogP contribution in [0.5, 0.6) is 0 Å². The Morgan fingerprint density at radius 3 is 2.17 bits per heavy atom. The first-order valence-corrected chi connectivity index (χ1v) is 4.05. The first-order chi connectivity index (χ1) is 5.52. The quantitative estimate of drug-likeness (QED) is 0.593. The van der Waals surface area contributed by atoms with Gasteiger partial charge in [0.25, 0.3) is 0 Å². The molecular weight excluding hydrogens is 158 g/mol. The second kappa shape index (κ2) is 3.13. The van der Waals surface area contributed by atoms with Crippen molar-refractivity contribution < 1.29 is 14.7 Å². The zero-order valence-corrected chi connectivity index (χ0v) is 7.28. The van der Waals surface area contributed by atoms with E-state index in [1.165, 1.54) is 4.90 Å². The molecule has 1 aliphatic heterocycles. The third kappa shape index (κ3) is 1.57. The Bertz CT molecular complexity index is 200. The van der Waals surface area contributed by atoms with Crippen molar-refractivity contribution >= 4 is 11.9 Å². The lowest BCUT2D eigenvalue weighted by Gasteiger charge is -2.35. The summed E-state index contributed by atoms with van der Waals surface area (Å²) in [6.07, 6.45) is -0.213. The fourth-order valence-corrected chi connectivity index (χ4v) is 1.75. The number of Topliss-reactive ketones (excluding diaryl/α,β-unsaturated/α-hetero) is 1. The van der Waals surface area contributed by atoms with Crippen molar-refractivity contribution in [2.45, 2.75) is 38.8 Å². The highest BCUT2D eigenvalue weighted by Gasteiger charge is 2.32. The molecule has 0 aromatic rings. The average molecular weight is 171 g/mol. The molecule has 1 saturated heterocycles. The van der Waals surface area contributed by atoms with E-state index in [0.717, 1.165) is 0 Å². The van der Waals surface area contributed by atoms with E-state index < -0.39 is 6.09 Å². The molecule has 0 spiro atoms. The van der Waals surface area contributed by atoms with Gasteiger partial charge in [-0.3, -0.25) is 4.79 Å². The summed E-state index contributed by atoms with van der Waals surface area (Å²) in [6, 6.07) is -0.336. The van der Waals surface area contributed by atoms with Gasteiger partial charge in [0.15, 0.2) is 0 Å². The summed E-state index contributed by atoms with van der Waals surface area (Å²) in [6.45, 7) is 3.53. The van der Waals surface area contributed by atoms with Crippen LogP contribution in [0.25, 0.3) is 0 Å². The number of carbonyl (C=O) groups is 2. The maximum atomic E-state index is 11.0. The Morgan fingerprint density at radius 2 is 1.83 bits per heavy atom. The van der Waals surface area contributed by atoms with Crippen molar-refractivity contribution in [2.24, 2.45) is 0 Å². The van der Waals surface area contributed by atoms with Crippen molar-refractivity contribution in [1.82, 2.24) is 4.90 Å². The van der Waals surface area contributed by atoms with Crippen LogP contribution >= 0.6 is 0 Å². The maximum absolute atomic E-state index is 11.0. The summed E-state index contributed by atoms with van der Waals surface area (Å²) in [4.78, 5) is 23.1. The van der Waals surface area contributed by atoms with E-state index in [1.807, 2.05) is 0 Å². The summed E-state index contributed by atoms with van der Waals surface area (Å²) in [5.41, 5.74) is 0. The molecule has 0 aromatic carbocycles. The van der Waals surface area contributed by atoms with Crippen molar-refractivity contribution in [2.75, 3.05) is 0 Å². The lowest BCUT2D eigenvalue weighted by Crippen LogP contribution is -2.49. The highest BCUT2D eigenvalue weighted by atomic mass is 16.4. The predicted molar refractivity (Wildman–Crippen MR) is 43.0 cm³/mol. The Balaban J connectivity index is 2.73. The molecule has 0 aliphatic carbocycles. The molecule has 0 saturated carbocycles. The van der Waals surface area contributed by atoms with Gasteiger partial charge in [-0.25, -0.2) is 4.79 Å². The zero-order valence-electron chi connectivity index (χ0n) is 7.28. The molecular formula is C8H13NO3. The summed E-state index contributed by atoms with van der Waals surface area (Å²) >= 11 is 0. The molecule has 12 heavy (non-hydrogen) atoms. The Hall–Kier alpha value is -1.06. The maximum Gasteiger partial charge on any atom is 0.407 e. The second-order valence-corrected chi connectivity index (χ2v) is 3.33. The molecule has 1 fully saturated rings. The number of amides is 1. The van der Waals surface area contributed by atoms with Crippen LogP contribution in [0.1, 0.15) is 26.7 Å². The number of ketones is 1. The molecule has 0 radical (unpaired) electrons. The molecule has 1 N–H and O–H groups in total. The van der Waals surface area contributed by atoms with Crippen LogP contribution in [0.3, 0.4) is 0 Å². The Labute approximate surface area is 71.2 Å². The molecule has 4 nitrogen and oxygen atoms in total. The fourth-order valence-electron chi connectivity index (χ4n) is 1.75. The first-order valence-electron chi connectivity index (χ1n) is 4.05. The fraction of sp³-hybridized carbons (Fsp3) is 0.750. The Kier molecular flexibility index (Phi) is 2.35. The van der Waals surface area contributed by atoms with Crippen molar-refractivity contribution in [3.8, 4) is 0 Å². The first kappa shape index (κ1) is 9.03. The molecule has 1 heterocycles. The number of carboxylic acid groups (broad SMARTS) is 1. The van der Waals surface area contributed by atoms with Gasteiger partial charge < -0.3 is 10.0 Å². The smallest absolute Gasteiger partial charge is 0.407 e. The van der Waals surface area contributed by atoms with Gasteiger partial charge in [0, 0.05) is 24.9 Å². The number of nitrogens with zero attached hydrogens (tertiary/aromatic N) is 1. The van der Waals surface area contributed by atoms with Gasteiger partial charge >= 0.3 is 6.09 Å². The lowest BCUT2D eigenvalue weighted by atomic mass is 9.97. The summed E-state index contributed by atoms with van der Waals surface area (Å²) in [7, 11) is 0. The van der Waals surface area contributed by atoms with E-state index in [4.69, 9.17) is 5.11 Å². The zero-order chi connectivity index (χ0) is 9.30. The van der Waals surface area contributed by atoms with Gasteiger partial charge in [0.05, 0.1) is 0 Å². The molecule has 2 atom stereocenters. The SMILES string of the molecule is C[C@@H]1CC(=O)C[C@@H](C)N1C(=O)O. The standard InChI is InChI=1S/C8H13NO3/c1-5-3-7(10)4-6(2)9(5)8(11)12/h5-6H,3-4H2,1-2H3,(H,11,12)/t5-,6-/m1/s1. The number of hydrogen-bond acceptors (Lipinski definition) is 2. The molecule has 1 rings (SSSR count). The van der Waals surface area contributed by atoms with E-state index in [2.05, 4.69) is 0 Å². The van der Waals surface area contributed by atoms with Gasteiger partial charge in [-0.15, -0.1) is 0 Å². The van der Waals surface area contributed by atoms with Crippen LogP contribution in [-0.2, 0) is 4.79 Å². The second-order valence-electron chi connectivity index (χ2n) is 3.33. The predicted octanol–water partition coefficient (Wildman–Crippen LogP) is 1.11. The van der Waals surface area contributed by atoms with Crippen LogP contribution in [0, 0.1) is 0 Å². The highest BCUT2D eigenvalue weighted by molar-refractivity contribution is 5.82. The van der Waals surface area contributed by atoms with Crippen molar-refractivity contribution in [3.05, 3.63) is 0 Å². The largest absolute Gasteiger partial charge is 0.465 e. The minimum Gasteiger partial charge on any atom is -0.465 e. The number of rotatable bonds is 0. The molecule has 1 aliphatic rings. The van der Waals surface area contributed by atoms with Crippen LogP contribution in [0.4, 0.5) is 4.79 Å².